The van der Waals surface area contributed by atoms with Gasteiger partial charge >= 0.3 is 0 Å². The number of amides is 1. The molecule has 1 amide bonds. The summed E-state index contributed by atoms with van der Waals surface area (Å²) in [6, 6.07) is 7.30. The Morgan fingerprint density at radius 2 is 2.14 bits per heavy atom. The third-order valence-electron chi connectivity index (χ3n) is 3.47. The molecule has 22 heavy (non-hydrogen) atoms. The number of carbonyl (C=O) groups is 1. The van der Waals surface area contributed by atoms with Crippen molar-refractivity contribution in [2.24, 2.45) is 0 Å². The van der Waals surface area contributed by atoms with Crippen LogP contribution in [0.15, 0.2) is 35.5 Å². The minimum absolute atomic E-state index is 0.187. The van der Waals surface area contributed by atoms with Gasteiger partial charge in [0.05, 0.1) is 24.9 Å². The molecule has 0 unspecified atom stereocenters. The summed E-state index contributed by atoms with van der Waals surface area (Å²) in [5, 5.41) is 10.2. The number of rotatable bonds is 3. The van der Waals surface area contributed by atoms with Gasteiger partial charge < -0.3 is 15.4 Å². The Kier molecular flexibility index (Phi) is 3.54. The highest BCUT2D eigenvalue weighted by Crippen LogP contribution is 2.25. The average molecular weight is 299 g/mol. The van der Waals surface area contributed by atoms with Gasteiger partial charge in [0.1, 0.15) is 11.6 Å². The molecular weight excluding hydrogens is 282 g/mol. The number of methoxy groups -OCH3 is 1. The van der Waals surface area contributed by atoms with Gasteiger partial charge in [-0.15, -0.1) is 0 Å². The van der Waals surface area contributed by atoms with Gasteiger partial charge in [0.2, 0.25) is 5.95 Å². The van der Waals surface area contributed by atoms with Gasteiger partial charge in [0.15, 0.2) is 0 Å². The fraction of sp³-hybridized carbons (Fsp3) is 0.267. The summed E-state index contributed by atoms with van der Waals surface area (Å²) in [4.78, 5) is 16.8. The van der Waals surface area contributed by atoms with Crippen molar-refractivity contribution in [3.63, 3.8) is 0 Å². The second kappa shape index (κ2) is 5.51. The third kappa shape index (κ3) is 2.52. The lowest BCUT2D eigenvalue weighted by atomic mass is 10.1. The predicted octanol–water partition coefficient (Wildman–Crippen LogP) is 1.93. The fourth-order valence-corrected chi connectivity index (χ4v) is 2.36. The number of fused-ring (bicyclic) bond motifs is 1. The molecule has 0 spiro atoms. The van der Waals surface area contributed by atoms with Gasteiger partial charge in [0.25, 0.3) is 5.91 Å². The molecule has 1 aromatic heterocycles. The van der Waals surface area contributed by atoms with Crippen LogP contribution in [0.4, 0.5) is 11.6 Å². The molecule has 0 fully saturated rings. The van der Waals surface area contributed by atoms with E-state index in [9.17, 15) is 4.79 Å². The predicted molar refractivity (Wildman–Crippen MR) is 82.7 cm³/mol. The van der Waals surface area contributed by atoms with Crippen LogP contribution in [0.3, 0.4) is 0 Å². The Balaban J connectivity index is 1.83. The van der Waals surface area contributed by atoms with E-state index in [0.29, 0.717) is 35.3 Å². The topological polar surface area (TPSA) is 81.1 Å². The first-order valence-corrected chi connectivity index (χ1v) is 6.91. The van der Waals surface area contributed by atoms with Gasteiger partial charge in [-0.1, -0.05) is 12.1 Å². The molecule has 0 saturated carbocycles. The molecule has 2 aromatic rings. The lowest BCUT2D eigenvalue weighted by Gasteiger charge is -2.20. The molecule has 1 aliphatic heterocycles. The van der Waals surface area contributed by atoms with E-state index < -0.39 is 0 Å². The molecule has 7 heteroatoms. The maximum absolute atomic E-state index is 12.5. The van der Waals surface area contributed by atoms with Crippen molar-refractivity contribution < 1.29 is 9.53 Å². The zero-order chi connectivity index (χ0) is 15.7. The minimum Gasteiger partial charge on any atom is -0.495 e. The van der Waals surface area contributed by atoms with Crippen LogP contribution in [-0.2, 0) is 11.3 Å². The summed E-state index contributed by atoms with van der Waals surface area (Å²) >= 11 is 0. The summed E-state index contributed by atoms with van der Waals surface area (Å²) < 4.78 is 6.93. The standard InChI is InChI=1S/C15H17N5O2/c1-9-11(8-20-15(16-9)17-10(2)19-20)14(21)18-12-6-4-5-7-13(12)22-3/h4-7H,8H2,1-3H3,(H,18,21)(H,16,17,19). The quantitative estimate of drug-likeness (QED) is 0.905. The van der Waals surface area contributed by atoms with Crippen LogP contribution in [0.2, 0.25) is 0 Å². The Morgan fingerprint density at radius 1 is 1.36 bits per heavy atom. The van der Waals surface area contributed by atoms with E-state index in [1.54, 1.807) is 23.9 Å². The molecule has 0 atom stereocenters. The van der Waals surface area contributed by atoms with Crippen molar-refractivity contribution in [3.05, 3.63) is 41.4 Å². The zero-order valence-electron chi connectivity index (χ0n) is 12.7. The molecule has 2 heterocycles. The van der Waals surface area contributed by atoms with E-state index in [1.165, 1.54) is 0 Å². The first-order valence-electron chi connectivity index (χ1n) is 6.91. The number of carbonyl (C=O) groups excluding carboxylic acids is 1. The number of nitrogens with zero attached hydrogens (tertiary/aromatic N) is 3. The fourth-order valence-electron chi connectivity index (χ4n) is 2.36. The molecule has 0 bridgehead atoms. The molecule has 0 radical (unpaired) electrons. The van der Waals surface area contributed by atoms with E-state index in [0.717, 1.165) is 5.70 Å². The minimum atomic E-state index is -0.187. The molecule has 1 aliphatic rings. The van der Waals surface area contributed by atoms with Crippen LogP contribution in [0.25, 0.3) is 0 Å². The Labute approximate surface area is 128 Å². The third-order valence-corrected chi connectivity index (χ3v) is 3.47. The average Bonchev–Trinajstić information content (AvgIpc) is 2.85. The number of allylic oxidation sites excluding steroid dienone is 1. The van der Waals surface area contributed by atoms with Crippen molar-refractivity contribution in [2.75, 3.05) is 17.7 Å². The van der Waals surface area contributed by atoms with Crippen molar-refractivity contribution in [1.82, 2.24) is 14.8 Å². The summed E-state index contributed by atoms with van der Waals surface area (Å²) in [7, 11) is 1.57. The Bertz CT molecular complexity index is 763. The van der Waals surface area contributed by atoms with Crippen molar-refractivity contribution >= 4 is 17.5 Å². The highest BCUT2D eigenvalue weighted by molar-refractivity contribution is 6.05. The van der Waals surface area contributed by atoms with Gasteiger partial charge in [-0.2, -0.15) is 10.1 Å². The molecule has 7 nitrogen and oxygen atoms in total. The van der Waals surface area contributed by atoms with Crippen LogP contribution < -0.4 is 15.4 Å². The maximum Gasteiger partial charge on any atom is 0.255 e. The number of para-hydroxylation sites is 2. The van der Waals surface area contributed by atoms with Crippen LogP contribution in [0.5, 0.6) is 5.75 Å². The summed E-state index contributed by atoms with van der Waals surface area (Å²) in [6.45, 7) is 4.05. The molecule has 0 aliphatic carbocycles. The molecule has 1 aromatic carbocycles. The summed E-state index contributed by atoms with van der Waals surface area (Å²) in [6.07, 6.45) is 0. The molecule has 2 N–H and O–H groups in total. The number of aromatic nitrogens is 3. The van der Waals surface area contributed by atoms with Crippen LogP contribution >= 0.6 is 0 Å². The first-order chi connectivity index (χ1) is 10.6. The van der Waals surface area contributed by atoms with E-state index in [1.807, 2.05) is 26.0 Å². The largest absolute Gasteiger partial charge is 0.495 e. The molecule has 3 rings (SSSR count). The first kappa shape index (κ1) is 14.1. The summed E-state index contributed by atoms with van der Waals surface area (Å²) in [5.74, 6) is 1.76. The number of hydrogen-bond donors (Lipinski definition) is 2. The second-order valence-corrected chi connectivity index (χ2v) is 5.02. The smallest absolute Gasteiger partial charge is 0.255 e. The van der Waals surface area contributed by atoms with E-state index >= 15 is 0 Å². The second-order valence-electron chi connectivity index (χ2n) is 5.02. The maximum atomic E-state index is 12.5. The normalized spacial score (nSPS) is 13.4. The highest BCUT2D eigenvalue weighted by atomic mass is 16.5. The number of benzene rings is 1. The van der Waals surface area contributed by atoms with Crippen molar-refractivity contribution in [2.45, 2.75) is 20.4 Å². The summed E-state index contributed by atoms with van der Waals surface area (Å²) in [5.41, 5.74) is 2.02. The van der Waals surface area contributed by atoms with Gasteiger partial charge in [-0.05, 0) is 26.0 Å². The highest BCUT2D eigenvalue weighted by Gasteiger charge is 2.23. The van der Waals surface area contributed by atoms with Crippen molar-refractivity contribution in [3.8, 4) is 5.75 Å². The molecular formula is C15H17N5O2. The zero-order valence-corrected chi connectivity index (χ0v) is 12.7. The van der Waals surface area contributed by atoms with E-state index in [2.05, 4.69) is 20.7 Å². The van der Waals surface area contributed by atoms with Crippen LogP contribution in [-0.4, -0.2) is 27.8 Å². The Hall–Kier alpha value is -2.83. The number of ether oxygens (including phenoxy) is 1. The number of anilines is 2. The number of nitrogens with one attached hydrogen (secondary N) is 2. The van der Waals surface area contributed by atoms with Gasteiger partial charge in [-0.25, -0.2) is 4.68 Å². The SMILES string of the molecule is COc1ccccc1NC(=O)C1=C(C)Nc2nc(C)nn2C1. The Morgan fingerprint density at radius 3 is 2.91 bits per heavy atom. The van der Waals surface area contributed by atoms with Crippen LogP contribution in [0, 0.1) is 6.92 Å². The molecule has 0 saturated heterocycles. The lowest BCUT2D eigenvalue weighted by molar-refractivity contribution is -0.113. The van der Waals surface area contributed by atoms with Gasteiger partial charge in [0, 0.05) is 5.70 Å². The monoisotopic (exact) mass is 299 g/mol. The number of aryl methyl sites for hydroxylation is 1. The molecule has 114 valence electrons. The van der Waals surface area contributed by atoms with Gasteiger partial charge in [-0.3, -0.25) is 4.79 Å². The van der Waals surface area contributed by atoms with Crippen LogP contribution in [0.1, 0.15) is 12.7 Å². The van der Waals surface area contributed by atoms with E-state index in [-0.39, 0.29) is 5.91 Å². The lowest BCUT2D eigenvalue weighted by Crippen LogP contribution is -2.26. The van der Waals surface area contributed by atoms with E-state index in [4.69, 9.17) is 4.74 Å². The van der Waals surface area contributed by atoms with Crippen molar-refractivity contribution in [1.29, 1.82) is 0 Å². The number of hydrogen-bond acceptors (Lipinski definition) is 5.